The number of hydrogen-bond acceptors (Lipinski definition) is 2. The molecule has 0 bridgehead atoms. The Morgan fingerprint density at radius 2 is 2.08 bits per heavy atom. The maximum Gasteiger partial charge on any atom is 0.202 e. The molecule has 0 unspecified atom stereocenters. The van der Waals surface area contributed by atoms with E-state index < -0.39 is 17.4 Å². The van der Waals surface area contributed by atoms with E-state index in [0.717, 1.165) is 0 Å². The molecule has 0 amide bonds. The Morgan fingerprint density at radius 1 is 1.38 bits per heavy atom. The molecule has 0 aromatic heterocycles. The highest BCUT2D eigenvalue weighted by atomic mass is 19.1. The molecule has 68 valence electrons. The minimum atomic E-state index is -0.496. The Balaban J connectivity index is 2.75. The van der Waals surface area contributed by atoms with Crippen LogP contribution in [0.3, 0.4) is 0 Å². The topological polar surface area (TPSA) is 34.1 Å². The van der Waals surface area contributed by atoms with Gasteiger partial charge in [0.15, 0.2) is 5.78 Å². The first-order valence-electron chi connectivity index (χ1n) is 3.88. The Bertz CT molecular complexity index is 345. The monoisotopic (exact) mass is 180 g/mol. The fourth-order valence-corrected chi connectivity index (χ4v) is 0.957. The smallest absolute Gasteiger partial charge is 0.202 e. The molecule has 1 rings (SSSR count). The van der Waals surface area contributed by atoms with Crippen molar-refractivity contribution >= 4 is 11.6 Å². The normalized spacial score (nSPS) is 9.69. The highest BCUT2D eigenvalue weighted by Crippen LogP contribution is 2.04. The third kappa shape index (κ3) is 2.78. The highest BCUT2D eigenvalue weighted by Gasteiger charge is 2.08. The van der Waals surface area contributed by atoms with Gasteiger partial charge in [-0.05, 0) is 17.7 Å². The van der Waals surface area contributed by atoms with E-state index in [1.54, 1.807) is 6.07 Å². The molecule has 0 aliphatic carbocycles. The summed E-state index contributed by atoms with van der Waals surface area (Å²) < 4.78 is 12.6. The van der Waals surface area contributed by atoms with Crippen molar-refractivity contribution in [1.82, 2.24) is 0 Å². The lowest BCUT2D eigenvalue weighted by molar-refractivity contribution is -0.134. The van der Waals surface area contributed by atoms with Crippen LogP contribution in [0, 0.1) is 5.82 Å². The van der Waals surface area contributed by atoms with Gasteiger partial charge in [0.1, 0.15) is 5.82 Å². The van der Waals surface area contributed by atoms with Crippen LogP contribution in [0.5, 0.6) is 0 Å². The fourth-order valence-electron chi connectivity index (χ4n) is 0.957. The summed E-state index contributed by atoms with van der Waals surface area (Å²) in [6.07, 6.45) is -0.0207. The summed E-state index contributed by atoms with van der Waals surface area (Å²) in [5.74, 6) is -1.39. The molecule has 0 N–H and O–H groups in total. The van der Waals surface area contributed by atoms with Gasteiger partial charge in [0.2, 0.25) is 5.78 Å². The van der Waals surface area contributed by atoms with Gasteiger partial charge >= 0.3 is 0 Å². The van der Waals surface area contributed by atoms with Gasteiger partial charge in [-0.25, -0.2) is 4.39 Å². The predicted molar refractivity (Wildman–Crippen MR) is 45.8 cm³/mol. The summed E-state index contributed by atoms with van der Waals surface area (Å²) in [6.45, 7) is 1.21. The van der Waals surface area contributed by atoms with Crippen LogP contribution in [-0.4, -0.2) is 11.6 Å². The molecule has 1 aromatic carbocycles. The summed E-state index contributed by atoms with van der Waals surface area (Å²) in [5.41, 5.74) is 0.528. The number of Topliss-reactive ketones (excluding diaryl/α,β-unsaturated/α-hetero) is 2. The van der Waals surface area contributed by atoms with Gasteiger partial charge in [0, 0.05) is 13.3 Å². The first-order chi connectivity index (χ1) is 6.09. The Kier molecular flexibility index (Phi) is 2.90. The van der Waals surface area contributed by atoms with Gasteiger partial charge in [-0.15, -0.1) is 0 Å². The SMILES string of the molecule is CC(=O)C(=O)Cc1cccc(F)c1. The van der Waals surface area contributed by atoms with E-state index in [4.69, 9.17) is 0 Å². The summed E-state index contributed by atoms with van der Waals surface area (Å²) >= 11 is 0. The molecule has 0 atom stereocenters. The van der Waals surface area contributed by atoms with E-state index in [9.17, 15) is 14.0 Å². The number of benzene rings is 1. The maximum absolute atomic E-state index is 12.6. The Labute approximate surface area is 75.4 Å². The molecule has 0 fully saturated rings. The molecule has 0 radical (unpaired) electrons. The molecule has 0 saturated heterocycles. The second-order valence-corrected chi connectivity index (χ2v) is 2.79. The van der Waals surface area contributed by atoms with E-state index in [1.165, 1.54) is 25.1 Å². The predicted octanol–water partition coefficient (Wildman–Crippen LogP) is 1.53. The molecule has 0 aliphatic heterocycles. The second kappa shape index (κ2) is 3.94. The van der Waals surface area contributed by atoms with Crippen LogP contribution < -0.4 is 0 Å². The molecule has 0 spiro atoms. The standard InChI is InChI=1S/C10H9FO2/c1-7(12)10(13)6-8-3-2-4-9(11)5-8/h2-5H,6H2,1H3. The van der Waals surface area contributed by atoms with Crippen molar-refractivity contribution in [3.8, 4) is 0 Å². The van der Waals surface area contributed by atoms with Crippen molar-refractivity contribution in [3.63, 3.8) is 0 Å². The van der Waals surface area contributed by atoms with Crippen molar-refractivity contribution in [1.29, 1.82) is 0 Å². The van der Waals surface area contributed by atoms with E-state index in [2.05, 4.69) is 0 Å². The first-order valence-corrected chi connectivity index (χ1v) is 3.88. The highest BCUT2D eigenvalue weighted by molar-refractivity contribution is 6.36. The first kappa shape index (κ1) is 9.58. The molecule has 0 aliphatic rings. The number of carbonyl (C=O) groups excluding carboxylic acids is 2. The molecule has 0 heterocycles. The summed E-state index contributed by atoms with van der Waals surface area (Å²) in [4.78, 5) is 21.5. The van der Waals surface area contributed by atoms with Gasteiger partial charge in [-0.2, -0.15) is 0 Å². The van der Waals surface area contributed by atoms with Crippen molar-refractivity contribution in [2.75, 3.05) is 0 Å². The van der Waals surface area contributed by atoms with E-state index in [-0.39, 0.29) is 6.42 Å². The zero-order valence-corrected chi connectivity index (χ0v) is 7.21. The number of ketones is 2. The lowest BCUT2D eigenvalue weighted by Gasteiger charge is -1.97. The summed E-state index contributed by atoms with van der Waals surface area (Å²) in [6, 6.07) is 5.67. The maximum atomic E-state index is 12.6. The fraction of sp³-hybridized carbons (Fsp3) is 0.200. The molecule has 13 heavy (non-hydrogen) atoms. The lowest BCUT2D eigenvalue weighted by Crippen LogP contribution is -2.12. The van der Waals surface area contributed by atoms with Gasteiger partial charge in [-0.1, -0.05) is 12.1 Å². The van der Waals surface area contributed by atoms with E-state index >= 15 is 0 Å². The minimum absolute atomic E-state index is 0.0207. The summed E-state index contributed by atoms with van der Waals surface area (Å²) in [7, 11) is 0. The molecular formula is C10H9FO2. The van der Waals surface area contributed by atoms with Crippen molar-refractivity contribution in [3.05, 3.63) is 35.6 Å². The molecular weight excluding hydrogens is 171 g/mol. The second-order valence-electron chi connectivity index (χ2n) is 2.79. The van der Waals surface area contributed by atoms with Crippen LogP contribution in [-0.2, 0) is 16.0 Å². The van der Waals surface area contributed by atoms with Crippen LogP contribution >= 0.6 is 0 Å². The minimum Gasteiger partial charge on any atom is -0.291 e. The number of carbonyl (C=O) groups is 2. The van der Waals surface area contributed by atoms with Crippen molar-refractivity contribution in [2.45, 2.75) is 13.3 Å². The van der Waals surface area contributed by atoms with Crippen molar-refractivity contribution < 1.29 is 14.0 Å². The number of rotatable bonds is 3. The van der Waals surface area contributed by atoms with Gasteiger partial charge in [0.05, 0.1) is 0 Å². The average Bonchev–Trinajstić information content (AvgIpc) is 2.04. The molecule has 0 saturated carbocycles. The van der Waals surface area contributed by atoms with E-state index in [1.807, 2.05) is 0 Å². The van der Waals surface area contributed by atoms with Crippen LogP contribution in [0.15, 0.2) is 24.3 Å². The van der Waals surface area contributed by atoms with E-state index in [0.29, 0.717) is 5.56 Å². The molecule has 3 heteroatoms. The largest absolute Gasteiger partial charge is 0.291 e. The number of halogens is 1. The zero-order chi connectivity index (χ0) is 9.84. The Morgan fingerprint density at radius 3 is 2.62 bits per heavy atom. The van der Waals surface area contributed by atoms with Gasteiger partial charge < -0.3 is 0 Å². The Hall–Kier alpha value is -1.51. The zero-order valence-electron chi connectivity index (χ0n) is 7.21. The van der Waals surface area contributed by atoms with Crippen LogP contribution in [0.25, 0.3) is 0 Å². The summed E-state index contributed by atoms with van der Waals surface area (Å²) in [5, 5.41) is 0. The average molecular weight is 180 g/mol. The third-order valence-corrected chi connectivity index (χ3v) is 1.65. The van der Waals surface area contributed by atoms with Crippen LogP contribution in [0.2, 0.25) is 0 Å². The van der Waals surface area contributed by atoms with Gasteiger partial charge in [0.25, 0.3) is 0 Å². The van der Waals surface area contributed by atoms with Crippen LogP contribution in [0.1, 0.15) is 12.5 Å². The third-order valence-electron chi connectivity index (χ3n) is 1.65. The van der Waals surface area contributed by atoms with Crippen LogP contribution in [0.4, 0.5) is 4.39 Å². The van der Waals surface area contributed by atoms with Gasteiger partial charge in [-0.3, -0.25) is 9.59 Å². The number of hydrogen-bond donors (Lipinski definition) is 0. The quantitative estimate of drug-likeness (QED) is 0.661. The molecule has 2 nitrogen and oxygen atoms in total. The lowest BCUT2D eigenvalue weighted by atomic mass is 10.1. The van der Waals surface area contributed by atoms with Crippen molar-refractivity contribution in [2.24, 2.45) is 0 Å². The molecule has 1 aromatic rings.